The lowest BCUT2D eigenvalue weighted by atomic mass is 10.1. The molecular weight excluding hydrogens is 422 g/mol. The molecule has 0 spiro atoms. The van der Waals surface area contributed by atoms with Gasteiger partial charge in [-0.2, -0.15) is 0 Å². The van der Waals surface area contributed by atoms with E-state index in [-0.39, 0.29) is 23.9 Å². The summed E-state index contributed by atoms with van der Waals surface area (Å²) in [7, 11) is -3.43. The fraction of sp³-hybridized carbons (Fsp3) is 0.692. The molecule has 15 heteroatoms. The molecule has 0 saturated heterocycles. The van der Waals surface area contributed by atoms with E-state index in [0.717, 1.165) is 16.1 Å². The third-order valence-corrected chi connectivity index (χ3v) is 6.13. The van der Waals surface area contributed by atoms with Crippen molar-refractivity contribution in [2.75, 3.05) is 45.5 Å². The quantitative estimate of drug-likeness (QED) is 0.162. The molecule has 0 saturated carbocycles. The third kappa shape index (κ3) is 11.0. The SMILES string of the molecule is CS(=O)(=O)SC(CN)C(C(=O)O)N(CCN(CC(=O)O)CC(=O)O)CC(=O)O. The Bertz CT molecular complexity index is 668. The summed E-state index contributed by atoms with van der Waals surface area (Å²) in [5.74, 6) is -5.58. The summed E-state index contributed by atoms with van der Waals surface area (Å²) in [6, 6.07) is -1.61. The number of nitrogens with zero attached hydrogens (tertiary/aromatic N) is 2. The van der Waals surface area contributed by atoms with Gasteiger partial charge in [0.1, 0.15) is 6.04 Å². The molecule has 0 aliphatic carbocycles. The van der Waals surface area contributed by atoms with E-state index in [2.05, 4.69) is 0 Å². The highest BCUT2D eigenvalue weighted by atomic mass is 33.1. The molecule has 6 N–H and O–H groups in total. The summed E-state index contributed by atoms with van der Waals surface area (Å²) in [6.45, 7) is -3.14. The second-order valence-corrected chi connectivity index (χ2v) is 10.3. The Morgan fingerprint density at radius 3 is 1.71 bits per heavy atom. The molecule has 0 bridgehead atoms. The van der Waals surface area contributed by atoms with E-state index >= 15 is 0 Å². The van der Waals surface area contributed by atoms with E-state index in [1.807, 2.05) is 0 Å². The van der Waals surface area contributed by atoms with E-state index in [4.69, 9.17) is 21.1 Å². The third-order valence-electron chi connectivity index (χ3n) is 3.29. The van der Waals surface area contributed by atoms with Crippen LogP contribution in [0.5, 0.6) is 0 Å². The molecule has 0 amide bonds. The highest BCUT2D eigenvalue weighted by Crippen LogP contribution is 2.23. The minimum absolute atomic E-state index is 0.279. The molecule has 0 heterocycles. The molecule has 2 atom stereocenters. The highest BCUT2D eigenvalue weighted by Gasteiger charge is 2.37. The first kappa shape index (κ1) is 26.1. The second-order valence-electron chi connectivity index (χ2n) is 5.72. The van der Waals surface area contributed by atoms with E-state index in [1.165, 1.54) is 0 Å². The molecule has 0 aliphatic rings. The lowest BCUT2D eigenvalue weighted by Gasteiger charge is -2.33. The van der Waals surface area contributed by atoms with Gasteiger partial charge in [-0.3, -0.25) is 29.0 Å². The fourth-order valence-electron chi connectivity index (χ4n) is 2.35. The average molecular weight is 445 g/mol. The van der Waals surface area contributed by atoms with Gasteiger partial charge in [0.05, 0.1) is 24.9 Å². The van der Waals surface area contributed by atoms with Gasteiger partial charge in [-0.15, -0.1) is 0 Å². The molecule has 2 unspecified atom stereocenters. The van der Waals surface area contributed by atoms with Crippen LogP contribution in [0.1, 0.15) is 0 Å². The van der Waals surface area contributed by atoms with Gasteiger partial charge in [0.25, 0.3) is 0 Å². The average Bonchev–Trinajstić information content (AvgIpc) is 2.48. The maximum Gasteiger partial charge on any atom is 0.322 e. The van der Waals surface area contributed by atoms with Crippen LogP contribution >= 0.6 is 10.8 Å². The first-order valence-electron chi connectivity index (χ1n) is 7.69. The standard InChI is InChI=1S/C13H23N3O10S2/c1-28(25,26)27-8(4-14)12(13(23)24)16(7-11(21)22)3-2-15(5-9(17)18)6-10(19)20/h8,12H,2-7,14H2,1H3,(H,17,18)(H,19,20)(H,21,22)(H,23,24). The minimum atomic E-state index is -3.71. The highest BCUT2D eigenvalue weighted by molar-refractivity contribution is 8.72. The zero-order valence-corrected chi connectivity index (χ0v) is 16.6. The molecule has 0 fully saturated rings. The van der Waals surface area contributed by atoms with E-state index < -0.39 is 70.2 Å². The zero-order valence-electron chi connectivity index (χ0n) is 14.9. The smallest absolute Gasteiger partial charge is 0.322 e. The van der Waals surface area contributed by atoms with Gasteiger partial charge in [0.2, 0.25) is 0 Å². The number of carbonyl (C=O) groups is 4. The summed E-state index contributed by atoms with van der Waals surface area (Å²) in [5.41, 5.74) is 5.49. The maximum absolute atomic E-state index is 11.7. The Labute approximate surface area is 164 Å². The van der Waals surface area contributed by atoms with Crippen molar-refractivity contribution < 1.29 is 48.0 Å². The number of rotatable bonds is 15. The second kappa shape index (κ2) is 11.8. The van der Waals surface area contributed by atoms with Crippen molar-refractivity contribution in [2.45, 2.75) is 11.3 Å². The van der Waals surface area contributed by atoms with Gasteiger partial charge in [0.15, 0.2) is 8.87 Å². The van der Waals surface area contributed by atoms with Crippen molar-refractivity contribution >= 4 is 43.5 Å². The molecule has 28 heavy (non-hydrogen) atoms. The van der Waals surface area contributed by atoms with E-state index in [1.54, 1.807) is 0 Å². The Kier molecular flexibility index (Phi) is 11.0. The summed E-state index contributed by atoms with van der Waals surface area (Å²) >= 11 is 0. The van der Waals surface area contributed by atoms with Gasteiger partial charge in [-0.25, -0.2) is 8.42 Å². The van der Waals surface area contributed by atoms with Crippen LogP contribution in [0.25, 0.3) is 0 Å². The molecule has 0 aromatic carbocycles. The summed E-state index contributed by atoms with van der Waals surface area (Å²) < 4.78 is 23.0. The first-order valence-corrected chi connectivity index (χ1v) is 11.0. The molecule has 0 aromatic heterocycles. The number of carboxylic acid groups (broad SMARTS) is 4. The van der Waals surface area contributed by atoms with Crippen LogP contribution in [-0.4, -0.2) is 119 Å². The Hall–Kier alpha value is -1.94. The maximum atomic E-state index is 11.7. The van der Waals surface area contributed by atoms with Gasteiger partial charge in [-0.1, -0.05) is 0 Å². The Balaban J connectivity index is 5.61. The Morgan fingerprint density at radius 2 is 1.39 bits per heavy atom. The Morgan fingerprint density at radius 1 is 0.929 bits per heavy atom. The lowest BCUT2D eigenvalue weighted by molar-refractivity contribution is -0.148. The van der Waals surface area contributed by atoms with Gasteiger partial charge in [-0.05, 0) is 10.8 Å². The number of aliphatic carboxylic acids is 4. The van der Waals surface area contributed by atoms with Gasteiger partial charge >= 0.3 is 23.9 Å². The van der Waals surface area contributed by atoms with Crippen molar-refractivity contribution in [3.8, 4) is 0 Å². The van der Waals surface area contributed by atoms with Gasteiger partial charge < -0.3 is 26.2 Å². The predicted molar refractivity (Wildman–Crippen MR) is 97.6 cm³/mol. The van der Waals surface area contributed by atoms with E-state index in [9.17, 15) is 32.7 Å². The van der Waals surface area contributed by atoms with Crippen LogP contribution in [0, 0.1) is 0 Å². The van der Waals surface area contributed by atoms with Crippen LogP contribution in [0.3, 0.4) is 0 Å². The summed E-state index contributed by atoms with van der Waals surface area (Å²) in [6.07, 6.45) is 0.849. The van der Waals surface area contributed by atoms with E-state index in [0.29, 0.717) is 0 Å². The van der Waals surface area contributed by atoms with Crippen molar-refractivity contribution in [3.05, 3.63) is 0 Å². The molecule has 162 valence electrons. The van der Waals surface area contributed by atoms with Crippen molar-refractivity contribution in [3.63, 3.8) is 0 Å². The largest absolute Gasteiger partial charge is 0.480 e. The molecular formula is C13H23N3O10S2. The van der Waals surface area contributed by atoms with Crippen LogP contribution in [-0.2, 0) is 28.0 Å². The first-order chi connectivity index (χ1) is 12.8. The molecule has 13 nitrogen and oxygen atoms in total. The van der Waals surface area contributed by atoms with Crippen LogP contribution in [0.15, 0.2) is 0 Å². The topological polar surface area (TPSA) is 216 Å². The van der Waals surface area contributed by atoms with Crippen LogP contribution in [0.4, 0.5) is 0 Å². The monoisotopic (exact) mass is 445 g/mol. The summed E-state index contributed by atoms with van der Waals surface area (Å²) in [5, 5.41) is 35.0. The zero-order chi connectivity index (χ0) is 22.1. The fourth-order valence-corrected chi connectivity index (χ4v) is 5.17. The van der Waals surface area contributed by atoms with Crippen LogP contribution < -0.4 is 5.73 Å². The van der Waals surface area contributed by atoms with Crippen molar-refractivity contribution in [2.24, 2.45) is 5.73 Å². The van der Waals surface area contributed by atoms with Crippen LogP contribution in [0.2, 0.25) is 0 Å². The number of hydrogen-bond acceptors (Lipinski definition) is 10. The molecule has 0 rings (SSSR count). The number of hydrogen-bond donors (Lipinski definition) is 5. The normalized spacial score (nSPS) is 14.0. The molecule has 0 aromatic rings. The lowest BCUT2D eigenvalue weighted by Crippen LogP contribution is -2.54. The molecule has 0 aliphatic heterocycles. The number of carboxylic acids is 4. The van der Waals surface area contributed by atoms with Crippen molar-refractivity contribution in [1.29, 1.82) is 0 Å². The summed E-state index contributed by atoms with van der Waals surface area (Å²) in [4.78, 5) is 46.4. The number of nitrogens with two attached hydrogens (primary N) is 1. The molecule has 0 radical (unpaired) electrons. The van der Waals surface area contributed by atoms with Crippen molar-refractivity contribution in [1.82, 2.24) is 9.80 Å². The van der Waals surface area contributed by atoms with Gasteiger partial charge in [0, 0.05) is 25.9 Å². The predicted octanol–water partition coefficient (Wildman–Crippen LogP) is -2.68. The minimum Gasteiger partial charge on any atom is -0.480 e.